The van der Waals surface area contributed by atoms with Crippen LogP contribution in [-0.2, 0) is 21.8 Å². The van der Waals surface area contributed by atoms with Crippen molar-refractivity contribution in [1.82, 2.24) is 0 Å². The monoisotopic (exact) mass is 396 g/mol. The van der Waals surface area contributed by atoms with Crippen molar-refractivity contribution in [3.05, 3.63) is 34.9 Å². The maximum Gasteiger partial charge on any atom is 0.327 e. The molecule has 1 aromatic rings. The van der Waals surface area contributed by atoms with E-state index in [1.165, 1.54) is 55.2 Å². The molecule has 1 aromatic carbocycles. The van der Waals surface area contributed by atoms with Crippen molar-refractivity contribution in [2.24, 2.45) is 0 Å². The molecular weight excluding hydrogens is 355 g/mol. The first-order valence-corrected chi connectivity index (χ1v) is 11.6. The van der Waals surface area contributed by atoms with Gasteiger partial charge in [0, 0.05) is 0 Å². The molecule has 0 bridgehead atoms. The number of benzene rings is 1. The van der Waals surface area contributed by atoms with Gasteiger partial charge in [-0.2, -0.15) is 0 Å². The molecule has 0 unspecified atom stereocenters. The van der Waals surface area contributed by atoms with Crippen molar-refractivity contribution >= 4 is 8.60 Å². The van der Waals surface area contributed by atoms with Gasteiger partial charge in [0.2, 0.25) is 0 Å². The molecule has 0 aliphatic heterocycles. The van der Waals surface area contributed by atoms with Gasteiger partial charge in [0.1, 0.15) is 0 Å². The Balaban J connectivity index is 2.38. The van der Waals surface area contributed by atoms with Crippen LogP contribution in [0, 0.1) is 0 Å². The zero-order chi connectivity index (χ0) is 20.5. The largest absolute Gasteiger partial charge is 0.328 e. The molecule has 0 saturated heterocycles. The van der Waals surface area contributed by atoms with E-state index in [9.17, 15) is 0 Å². The third-order valence-corrected chi connectivity index (χ3v) is 5.49. The highest BCUT2D eigenvalue weighted by atomic mass is 31.2. The molecule has 0 atom stereocenters. The SMILES string of the molecule is CC(C)(C)c1ccc(CCCCCCCCCOP(O)O)c(C(C)(C)C)c1. The summed E-state index contributed by atoms with van der Waals surface area (Å²) in [5, 5.41) is 0. The fourth-order valence-corrected chi connectivity index (χ4v) is 3.70. The maximum absolute atomic E-state index is 8.67. The number of hydrogen-bond acceptors (Lipinski definition) is 3. The zero-order valence-corrected chi connectivity index (χ0v) is 19.2. The van der Waals surface area contributed by atoms with Crippen LogP contribution in [0.5, 0.6) is 0 Å². The minimum absolute atomic E-state index is 0.183. The summed E-state index contributed by atoms with van der Waals surface area (Å²) < 4.78 is 4.78. The summed E-state index contributed by atoms with van der Waals surface area (Å²) in [7, 11) is -2.18. The molecule has 0 radical (unpaired) electrons. The normalized spacial score (nSPS) is 12.8. The number of rotatable bonds is 11. The minimum atomic E-state index is -2.18. The van der Waals surface area contributed by atoms with Crippen LogP contribution in [0.1, 0.15) is 103 Å². The molecule has 3 nitrogen and oxygen atoms in total. The Morgan fingerprint density at radius 1 is 0.778 bits per heavy atom. The Bertz CT molecular complexity index is 542. The van der Waals surface area contributed by atoms with Crippen molar-refractivity contribution in [2.45, 2.75) is 104 Å². The standard InChI is InChI=1S/C23H41O3P/c1-22(2,3)20-16-15-19(21(18-20)23(4,5)6)14-12-10-8-7-9-11-13-17-26-27(24)25/h15-16,18,24-25H,7-14,17H2,1-6H3. The van der Waals surface area contributed by atoms with E-state index in [-0.39, 0.29) is 10.8 Å². The average Bonchev–Trinajstić information content (AvgIpc) is 2.54. The Hall–Kier alpha value is -0.470. The van der Waals surface area contributed by atoms with Crippen LogP contribution < -0.4 is 0 Å². The first kappa shape index (κ1) is 24.6. The molecular formula is C23H41O3P. The van der Waals surface area contributed by atoms with Crippen molar-refractivity contribution in [3.63, 3.8) is 0 Å². The highest BCUT2D eigenvalue weighted by Crippen LogP contribution is 2.32. The van der Waals surface area contributed by atoms with Crippen LogP contribution in [0.3, 0.4) is 0 Å². The lowest BCUT2D eigenvalue weighted by Crippen LogP contribution is -2.18. The molecule has 0 aromatic heterocycles. The fraction of sp³-hybridized carbons (Fsp3) is 0.739. The van der Waals surface area contributed by atoms with Gasteiger partial charge in [-0.25, -0.2) is 0 Å². The van der Waals surface area contributed by atoms with Gasteiger partial charge < -0.3 is 14.3 Å². The summed E-state index contributed by atoms with van der Waals surface area (Å²) >= 11 is 0. The van der Waals surface area contributed by atoms with E-state index >= 15 is 0 Å². The van der Waals surface area contributed by atoms with Crippen LogP contribution in [0.25, 0.3) is 0 Å². The second kappa shape index (κ2) is 11.5. The molecule has 4 heteroatoms. The van der Waals surface area contributed by atoms with Gasteiger partial charge in [-0.15, -0.1) is 0 Å². The molecule has 2 N–H and O–H groups in total. The summed E-state index contributed by atoms with van der Waals surface area (Å²) in [6.45, 7) is 14.3. The molecule has 27 heavy (non-hydrogen) atoms. The van der Waals surface area contributed by atoms with Crippen molar-refractivity contribution in [3.8, 4) is 0 Å². The van der Waals surface area contributed by atoms with Gasteiger partial charge in [0.25, 0.3) is 0 Å². The third-order valence-electron chi connectivity index (χ3n) is 5.08. The van der Waals surface area contributed by atoms with Crippen LogP contribution in [0.15, 0.2) is 18.2 Å². The van der Waals surface area contributed by atoms with E-state index in [0.717, 1.165) is 12.8 Å². The summed E-state index contributed by atoms with van der Waals surface area (Å²) in [5.74, 6) is 0. The third kappa shape index (κ3) is 10.0. The summed E-state index contributed by atoms with van der Waals surface area (Å²) in [5.41, 5.74) is 4.82. The molecule has 0 amide bonds. The van der Waals surface area contributed by atoms with Crippen molar-refractivity contribution in [2.75, 3.05) is 6.61 Å². The molecule has 0 aliphatic carbocycles. The van der Waals surface area contributed by atoms with Gasteiger partial charge in [0.05, 0.1) is 6.61 Å². The number of aryl methyl sites for hydroxylation is 1. The van der Waals surface area contributed by atoms with Crippen LogP contribution in [0.4, 0.5) is 0 Å². The van der Waals surface area contributed by atoms with Crippen molar-refractivity contribution < 1.29 is 14.3 Å². The lowest BCUT2D eigenvalue weighted by Gasteiger charge is -2.27. The zero-order valence-electron chi connectivity index (χ0n) is 18.3. The average molecular weight is 397 g/mol. The van der Waals surface area contributed by atoms with Crippen LogP contribution in [0.2, 0.25) is 0 Å². The van der Waals surface area contributed by atoms with Crippen LogP contribution in [-0.4, -0.2) is 16.4 Å². The molecule has 0 saturated carbocycles. The molecule has 156 valence electrons. The van der Waals surface area contributed by atoms with Gasteiger partial charge in [-0.3, -0.25) is 0 Å². The van der Waals surface area contributed by atoms with E-state index in [1.807, 2.05) is 0 Å². The van der Waals surface area contributed by atoms with Gasteiger partial charge in [-0.1, -0.05) is 91.8 Å². The van der Waals surface area contributed by atoms with E-state index in [1.54, 1.807) is 0 Å². The highest BCUT2D eigenvalue weighted by molar-refractivity contribution is 7.39. The Labute approximate surface area is 168 Å². The van der Waals surface area contributed by atoms with Crippen molar-refractivity contribution in [1.29, 1.82) is 0 Å². The van der Waals surface area contributed by atoms with Crippen LogP contribution >= 0.6 is 8.60 Å². The molecule has 0 spiro atoms. The predicted molar refractivity (Wildman–Crippen MR) is 117 cm³/mol. The summed E-state index contributed by atoms with van der Waals surface area (Å²) in [4.78, 5) is 17.3. The Morgan fingerprint density at radius 2 is 1.33 bits per heavy atom. The second-order valence-electron chi connectivity index (χ2n) is 9.68. The predicted octanol–water partition coefficient (Wildman–Crippen LogP) is 6.78. The Kier molecular flexibility index (Phi) is 10.5. The van der Waals surface area contributed by atoms with E-state index in [4.69, 9.17) is 14.3 Å². The van der Waals surface area contributed by atoms with Gasteiger partial charge in [-0.05, 0) is 46.8 Å². The molecule has 1 rings (SSSR count). The summed E-state index contributed by atoms with van der Waals surface area (Å²) in [6.07, 6.45) is 9.44. The quantitative estimate of drug-likeness (QED) is 0.320. The fourth-order valence-electron chi connectivity index (χ4n) is 3.41. The number of hydrogen-bond donors (Lipinski definition) is 2. The lowest BCUT2D eigenvalue weighted by molar-refractivity contribution is 0.248. The smallest absolute Gasteiger partial charge is 0.327 e. The van der Waals surface area contributed by atoms with Gasteiger partial charge >= 0.3 is 8.60 Å². The molecule has 0 heterocycles. The molecule has 0 aliphatic rings. The topological polar surface area (TPSA) is 49.7 Å². The first-order chi connectivity index (χ1) is 12.5. The minimum Gasteiger partial charge on any atom is -0.328 e. The van der Waals surface area contributed by atoms with E-state index in [0.29, 0.717) is 6.61 Å². The van der Waals surface area contributed by atoms with E-state index in [2.05, 4.69) is 59.7 Å². The van der Waals surface area contributed by atoms with E-state index < -0.39 is 8.60 Å². The second-order valence-corrected chi connectivity index (χ2v) is 10.4. The highest BCUT2D eigenvalue weighted by Gasteiger charge is 2.21. The lowest BCUT2D eigenvalue weighted by atomic mass is 9.77. The first-order valence-electron chi connectivity index (χ1n) is 10.5. The van der Waals surface area contributed by atoms with Gasteiger partial charge in [0.15, 0.2) is 0 Å². The number of unbranched alkanes of at least 4 members (excludes halogenated alkanes) is 6. The Morgan fingerprint density at radius 3 is 1.85 bits per heavy atom. The summed E-state index contributed by atoms with van der Waals surface area (Å²) in [6, 6.07) is 7.11. The molecule has 0 fully saturated rings. The maximum atomic E-state index is 8.67.